The molecule has 11 heteroatoms. The number of nitrogen functional groups attached to an aromatic ring is 1. The Morgan fingerprint density at radius 2 is 1.72 bits per heavy atom. The van der Waals surface area contributed by atoms with Crippen LogP contribution in [0.4, 0.5) is 5.69 Å². The second-order valence-corrected chi connectivity index (χ2v) is 10.3. The molecule has 3 aliphatic rings. The Morgan fingerprint density at radius 3 is 2.28 bits per heavy atom. The highest BCUT2D eigenvalue weighted by atomic mass is 35.5. The van der Waals surface area contributed by atoms with Crippen molar-refractivity contribution in [2.24, 2.45) is 23.7 Å². The van der Waals surface area contributed by atoms with Gasteiger partial charge >= 0.3 is 11.9 Å². The number of rotatable bonds is 9. The summed E-state index contributed by atoms with van der Waals surface area (Å²) in [7, 11) is 0. The Hall–Kier alpha value is -2.79. The van der Waals surface area contributed by atoms with Gasteiger partial charge in [0.2, 0.25) is 0 Å². The fourth-order valence-electron chi connectivity index (χ4n) is 5.13. The molecule has 3 fully saturated rings. The smallest absolute Gasteiger partial charge is 0.335 e. The number of nitrogens with two attached hydrogens (primary N) is 1. The molecular weight excluding hydrogens is 490 g/mol. The predicted molar refractivity (Wildman–Crippen MR) is 132 cm³/mol. The lowest BCUT2D eigenvalue weighted by Gasteiger charge is -2.18. The molecule has 0 amide bonds. The van der Waals surface area contributed by atoms with E-state index < -0.39 is 24.1 Å². The molecular formula is C25H30ClN3O7. The molecule has 0 radical (unpaired) electrons. The van der Waals surface area contributed by atoms with Crippen LogP contribution in [0.15, 0.2) is 24.4 Å². The van der Waals surface area contributed by atoms with E-state index in [1.165, 1.54) is 32.5 Å². The molecule has 6 N–H and O–H groups in total. The maximum Gasteiger partial charge on any atom is 0.335 e. The third kappa shape index (κ3) is 5.78. The normalized spacial score (nSPS) is 24.4. The Labute approximate surface area is 212 Å². The third-order valence-electron chi connectivity index (χ3n) is 7.35. The van der Waals surface area contributed by atoms with E-state index in [0.29, 0.717) is 28.2 Å². The van der Waals surface area contributed by atoms with Gasteiger partial charge in [0.05, 0.1) is 16.2 Å². The number of hydrogen-bond acceptors (Lipinski definition) is 8. The molecule has 4 unspecified atom stereocenters. The van der Waals surface area contributed by atoms with E-state index >= 15 is 0 Å². The van der Waals surface area contributed by atoms with Crippen LogP contribution in [0.3, 0.4) is 0 Å². The average molecular weight is 520 g/mol. The molecule has 5 rings (SSSR count). The van der Waals surface area contributed by atoms with Gasteiger partial charge in [-0.1, -0.05) is 11.6 Å². The zero-order chi connectivity index (χ0) is 26.1. The number of pyridine rings is 1. The van der Waals surface area contributed by atoms with E-state index in [-0.39, 0.29) is 5.78 Å². The van der Waals surface area contributed by atoms with Crippen LogP contribution in [-0.2, 0) is 9.59 Å². The number of aliphatic carboxylic acids is 2. The van der Waals surface area contributed by atoms with Crippen LogP contribution in [0.1, 0.15) is 36.0 Å². The number of ketones is 1. The largest absolute Gasteiger partial charge is 0.479 e. The number of anilines is 1. The van der Waals surface area contributed by atoms with E-state index in [2.05, 4.69) is 9.88 Å². The third-order valence-corrected chi connectivity index (χ3v) is 7.66. The van der Waals surface area contributed by atoms with Gasteiger partial charge in [0.1, 0.15) is 0 Å². The van der Waals surface area contributed by atoms with E-state index in [9.17, 15) is 14.4 Å². The highest BCUT2D eigenvalue weighted by molar-refractivity contribution is 6.35. The van der Waals surface area contributed by atoms with Crippen molar-refractivity contribution in [3.63, 3.8) is 0 Å². The monoisotopic (exact) mass is 519 g/mol. The summed E-state index contributed by atoms with van der Waals surface area (Å²) in [6, 6.07) is 5.39. The van der Waals surface area contributed by atoms with E-state index in [1.54, 1.807) is 12.3 Å². The number of Topliss-reactive ketones (excluding diaryl/α,β-unsaturated/α-hetero) is 1. The van der Waals surface area contributed by atoms with Crippen LogP contribution in [0.2, 0.25) is 5.02 Å². The van der Waals surface area contributed by atoms with Crippen LogP contribution >= 0.6 is 11.6 Å². The van der Waals surface area contributed by atoms with Gasteiger partial charge in [-0.25, -0.2) is 9.59 Å². The number of aliphatic hydroxyl groups is 2. The van der Waals surface area contributed by atoms with Crippen molar-refractivity contribution in [2.45, 2.75) is 37.9 Å². The Bertz CT molecular complexity index is 1140. The van der Waals surface area contributed by atoms with E-state index in [4.69, 9.17) is 37.8 Å². The Kier molecular flexibility index (Phi) is 7.79. The van der Waals surface area contributed by atoms with Crippen molar-refractivity contribution in [3.8, 4) is 0 Å². The van der Waals surface area contributed by atoms with Gasteiger partial charge in [-0.3, -0.25) is 9.78 Å². The first-order chi connectivity index (χ1) is 17.1. The lowest BCUT2D eigenvalue weighted by molar-refractivity contribution is -0.165. The van der Waals surface area contributed by atoms with Crippen molar-refractivity contribution in [1.29, 1.82) is 0 Å². The topological polar surface area (TPSA) is 174 Å². The standard InChI is InChI=1S/C21H24ClN3O.C4H6O6/c22-18-8-15(21-14(20(18)23)2-1-7-24-21)19(26)6-5-13-16-10-25(11-17(13)16)9-12-3-4-12;5-1(3(7)8)2(6)4(9)10/h1-2,7-8,12-13,16-17H,3-6,9-11,23H2;1-2,5-6H,(H,7,8)(H,9,10). The number of fused-ring (bicyclic) bond motifs is 2. The van der Waals surface area contributed by atoms with E-state index in [1.807, 2.05) is 12.1 Å². The van der Waals surface area contributed by atoms with Crippen LogP contribution in [0, 0.1) is 23.7 Å². The lowest BCUT2D eigenvalue weighted by Crippen LogP contribution is -2.39. The summed E-state index contributed by atoms with van der Waals surface area (Å²) in [4.78, 5) is 39.4. The molecule has 1 aromatic carbocycles. The second-order valence-electron chi connectivity index (χ2n) is 9.90. The molecule has 36 heavy (non-hydrogen) atoms. The Balaban J connectivity index is 0.000000261. The second kappa shape index (κ2) is 10.7. The molecule has 1 saturated heterocycles. The average Bonchev–Trinajstić information content (AvgIpc) is 3.75. The molecule has 2 aliphatic carbocycles. The number of aromatic nitrogens is 1. The number of nitrogens with zero attached hydrogens (tertiary/aromatic N) is 2. The number of halogens is 1. The van der Waals surface area contributed by atoms with Gasteiger partial charge in [0.25, 0.3) is 0 Å². The first kappa shape index (κ1) is 26.3. The molecule has 194 valence electrons. The number of carbonyl (C=O) groups excluding carboxylic acids is 1. The minimum atomic E-state index is -2.27. The number of piperidine rings is 1. The highest BCUT2D eigenvalue weighted by Gasteiger charge is 2.55. The number of benzene rings is 1. The summed E-state index contributed by atoms with van der Waals surface area (Å²) in [5.41, 5.74) is 7.83. The molecule has 4 atom stereocenters. The maximum atomic E-state index is 12.8. The van der Waals surface area contributed by atoms with Gasteiger partial charge in [-0.2, -0.15) is 0 Å². The fraction of sp³-hybridized carbons (Fsp3) is 0.520. The molecule has 2 aromatic rings. The van der Waals surface area contributed by atoms with Gasteiger partial charge < -0.3 is 31.1 Å². The van der Waals surface area contributed by atoms with Crippen LogP contribution in [0.25, 0.3) is 10.9 Å². The number of aliphatic hydroxyl groups excluding tert-OH is 2. The van der Waals surface area contributed by atoms with Gasteiger partial charge in [-0.05, 0) is 61.1 Å². The quantitative estimate of drug-likeness (QED) is 0.243. The van der Waals surface area contributed by atoms with Gasteiger partial charge in [0, 0.05) is 43.2 Å². The summed E-state index contributed by atoms with van der Waals surface area (Å²) in [6.07, 6.45) is 1.58. The van der Waals surface area contributed by atoms with Crippen molar-refractivity contribution >= 4 is 45.9 Å². The van der Waals surface area contributed by atoms with E-state index in [0.717, 1.165) is 35.5 Å². The molecule has 1 aliphatic heterocycles. The number of hydrogen-bond donors (Lipinski definition) is 5. The van der Waals surface area contributed by atoms with Crippen LogP contribution in [-0.4, -0.2) is 79.9 Å². The zero-order valence-electron chi connectivity index (χ0n) is 19.6. The summed E-state index contributed by atoms with van der Waals surface area (Å²) in [5.74, 6) is -0.0421. The molecule has 0 spiro atoms. The van der Waals surface area contributed by atoms with Crippen molar-refractivity contribution in [3.05, 3.63) is 35.0 Å². The van der Waals surface area contributed by atoms with Crippen molar-refractivity contribution in [1.82, 2.24) is 9.88 Å². The van der Waals surface area contributed by atoms with Crippen molar-refractivity contribution in [2.75, 3.05) is 25.4 Å². The fourth-order valence-corrected chi connectivity index (χ4v) is 5.34. The maximum absolute atomic E-state index is 12.8. The van der Waals surface area contributed by atoms with Crippen LogP contribution < -0.4 is 5.73 Å². The zero-order valence-corrected chi connectivity index (χ0v) is 20.3. The van der Waals surface area contributed by atoms with Gasteiger partial charge in [0.15, 0.2) is 18.0 Å². The number of carbonyl (C=O) groups is 3. The number of carboxylic acids is 2. The minimum absolute atomic E-state index is 0.135. The number of likely N-dealkylation sites (tertiary alicyclic amines) is 1. The van der Waals surface area contributed by atoms with Gasteiger partial charge in [-0.15, -0.1) is 0 Å². The molecule has 1 aromatic heterocycles. The highest BCUT2D eigenvalue weighted by Crippen LogP contribution is 2.54. The summed E-state index contributed by atoms with van der Waals surface area (Å²) in [5, 5.41) is 33.7. The number of carboxylic acid groups (broad SMARTS) is 2. The minimum Gasteiger partial charge on any atom is -0.479 e. The lowest BCUT2D eigenvalue weighted by atomic mass is 9.99. The van der Waals surface area contributed by atoms with Crippen LogP contribution in [0.5, 0.6) is 0 Å². The summed E-state index contributed by atoms with van der Waals surface area (Å²) in [6.45, 7) is 3.80. The molecule has 2 saturated carbocycles. The van der Waals surface area contributed by atoms with Crippen molar-refractivity contribution < 1.29 is 34.8 Å². The molecule has 0 bridgehead atoms. The molecule has 10 nitrogen and oxygen atoms in total. The summed E-state index contributed by atoms with van der Waals surface area (Å²) >= 11 is 6.24. The first-order valence-electron chi connectivity index (χ1n) is 12.0. The Morgan fingerprint density at radius 1 is 1.11 bits per heavy atom. The summed E-state index contributed by atoms with van der Waals surface area (Å²) < 4.78 is 0. The SMILES string of the molecule is Nc1c(Cl)cc(C(=O)CCC2C3CN(CC4CC4)CC23)c2ncccc12.O=C(O)C(O)C(O)C(=O)O. The molecule has 2 heterocycles. The first-order valence-corrected chi connectivity index (χ1v) is 12.4. The predicted octanol–water partition coefficient (Wildman–Crippen LogP) is 1.90.